The lowest BCUT2D eigenvalue weighted by molar-refractivity contribution is -0.132. The molecule has 9 heteroatoms. The number of hydrogen-bond acceptors (Lipinski definition) is 9. The molecule has 0 saturated heterocycles. The summed E-state index contributed by atoms with van der Waals surface area (Å²) in [5.41, 5.74) is 0.829. The second-order valence-corrected chi connectivity index (χ2v) is 9.87. The largest absolute Gasteiger partial charge is 0.488 e. The molecule has 0 spiro atoms. The van der Waals surface area contributed by atoms with Gasteiger partial charge in [0.15, 0.2) is 11.5 Å². The zero-order valence-electron chi connectivity index (χ0n) is 23.8. The van der Waals surface area contributed by atoms with Crippen molar-refractivity contribution in [3.05, 3.63) is 76.6 Å². The van der Waals surface area contributed by atoms with Crippen LogP contribution < -0.4 is 29.3 Å². The Morgan fingerprint density at radius 3 is 1.98 bits per heavy atom. The summed E-state index contributed by atoms with van der Waals surface area (Å²) < 4.78 is 34.5. The molecular weight excluding hydrogens is 528 g/mol. The molecule has 214 valence electrons. The average molecular weight is 561 g/mol. The van der Waals surface area contributed by atoms with Gasteiger partial charge in [0.25, 0.3) is 0 Å². The van der Waals surface area contributed by atoms with Gasteiger partial charge in [-0.05, 0) is 45.4 Å². The lowest BCUT2D eigenvalue weighted by atomic mass is 10.0. The summed E-state index contributed by atoms with van der Waals surface area (Å²) in [6.07, 6.45) is -0.336. The molecule has 0 unspecified atom stereocenters. The van der Waals surface area contributed by atoms with E-state index in [9.17, 15) is 14.4 Å². The summed E-state index contributed by atoms with van der Waals surface area (Å²) in [5, 5.41) is 0.313. The van der Waals surface area contributed by atoms with E-state index in [2.05, 4.69) is 0 Å². The Kier molecular flexibility index (Phi) is 8.97. The monoisotopic (exact) mass is 560 g/mol. The fourth-order valence-electron chi connectivity index (χ4n) is 4.11. The van der Waals surface area contributed by atoms with Crippen molar-refractivity contribution in [3.8, 4) is 39.9 Å². The highest BCUT2D eigenvalue weighted by Gasteiger charge is 2.22. The average Bonchev–Trinajstić information content (AvgIpc) is 2.87. The molecule has 4 rings (SSSR count). The van der Waals surface area contributed by atoms with E-state index >= 15 is 0 Å². The minimum absolute atomic E-state index is 0.0569. The fourth-order valence-corrected chi connectivity index (χ4v) is 4.11. The molecule has 0 saturated carbocycles. The summed E-state index contributed by atoms with van der Waals surface area (Å²) >= 11 is 0. The molecule has 0 atom stereocenters. The summed E-state index contributed by atoms with van der Waals surface area (Å²) in [4.78, 5) is 36.8. The van der Waals surface area contributed by atoms with Crippen molar-refractivity contribution >= 4 is 22.9 Å². The van der Waals surface area contributed by atoms with Crippen molar-refractivity contribution in [2.45, 2.75) is 60.4 Å². The fraction of sp³-hybridized carbons (Fsp3) is 0.281. The van der Waals surface area contributed by atoms with Crippen LogP contribution in [0.5, 0.6) is 28.7 Å². The molecular formula is C32H32O9. The van der Waals surface area contributed by atoms with Crippen molar-refractivity contribution < 1.29 is 37.7 Å². The van der Waals surface area contributed by atoms with Crippen LogP contribution in [-0.2, 0) is 16.2 Å². The summed E-state index contributed by atoms with van der Waals surface area (Å²) in [7, 11) is 0. The van der Waals surface area contributed by atoms with Crippen LogP contribution in [0.25, 0.3) is 22.1 Å². The number of rotatable bonds is 10. The minimum Gasteiger partial charge on any atom is -0.488 e. The van der Waals surface area contributed by atoms with Gasteiger partial charge in [-0.2, -0.15) is 0 Å². The van der Waals surface area contributed by atoms with E-state index in [-0.39, 0.29) is 41.5 Å². The number of esters is 2. The standard InChI is InChI=1S/C32H32O9/c1-18(2)37-30-15-24(27(16-31(30)38-19(3)4)36-17-22-10-8-7-9-11-22)25-14-26-28(40-21(6)34)12-23(39-20(5)33)13-29(26)41-32(25)35/h7-16,18-19H,17H2,1-6H3. The number of carbonyl (C=O) groups excluding carboxylic acids is 2. The highest BCUT2D eigenvalue weighted by atomic mass is 16.5. The molecule has 0 aliphatic carbocycles. The number of ether oxygens (including phenoxy) is 5. The highest BCUT2D eigenvalue weighted by molar-refractivity contribution is 5.91. The zero-order valence-corrected chi connectivity index (χ0v) is 23.8. The topological polar surface area (TPSA) is 111 Å². The molecule has 3 aromatic carbocycles. The Morgan fingerprint density at radius 2 is 1.37 bits per heavy atom. The first-order chi connectivity index (χ1) is 19.5. The van der Waals surface area contributed by atoms with Crippen LogP contribution in [0, 0.1) is 0 Å². The second kappa shape index (κ2) is 12.6. The number of carbonyl (C=O) groups is 2. The molecule has 0 amide bonds. The molecule has 0 bridgehead atoms. The Hall–Kier alpha value is -4.79. The van der Waals surface area contributed by atoms with E-state index in [1.165, 1.54) is 26.0 Å². The zero-order chi connectivity index (χ0) is 29.7. The Labute approximate surface area is 237 Å². The Bertz CT molecular complexity index is 1620. The van der Waals surface area contributed by atoms with Crippen molar-refractivity contribution in [2.24, 2.45) is 0 Å². The molecule has 0 N–H and O–H groups in total. The van der Waals surface area contributed by atoms with Crippen LogP contribution in [0.1, 0.15) is 47.1 Å². The van der Waals surface area contributed by atoms with Gasteiger partial charge in [-0.15, -0.1) is 0 Å². The lowest BCUT2D eigenvalue weighted by Gasteiger charge is -2.21. The van der Waals surface area contributed by atoms with E-state index in [1.54, 1.807) is 18.2 Å². The van der Waals surface area contributed by atoms with Crippen molar-refractivity contribution in [2.75, 3.05) is 0 Å². The van der Waals surface area contributed by atoms with Crippen molar-refractivity contribution in [1.29, 1.82) is 0 Å². The van der Waals surface area contributed by atoms with Crippen LogP contribution in [0.2, 0.25) is 0 Å². The normalized spacial score (nSPS) is 11.0. The summed E-state index contributed by atoms with van der Waals surface area (Å²) in [6, 6.07) is 17.3. The van der Waals surface area contributed by atoms with Crippen LogP contribution in [0.3, 0.4) is 0 Å². The minimum atomic E-state index is -0.691. The smallest absolute Gasteiger partial charge is 0.344 e. The quantitative estimate of drug-likeness (QED) is 0.122. The molecule has 0 radical (unpaired) electrons. The highest BCUT2D eigenvalue weighted by Crippen LogP contribution is 2.42. The molecule has 1 heterocycles. The Balaban J connectivity index is 1.94. The molecule has 4 aromatic rings. The molecule has 0 fully saturated rings. The third kappa shape index (κ3) is 7.45. The maximum Gasteiger partial charge on any atom is 0.344 e. The number of fused-ring (bicyclic) bond motifs is 1. The molecule has 0 aliphatic heterocycles. The van der Waals surface area contributed by atoms with Crippen LogP contribution in [-0.4, -0.2) is 24.1 Å². The third-order valence-electron chi connectivity index (χ3n) is 5.60. The number of hydrogen-bond donors (Lipinski definition) is 0. The van der Waals surface area contributed by atoms with E-state index in [0.29, 0.717) is 28.2 Å². The maximum atomic E-state index is 13.4. The molecule has 41 heavy (non-hydrogen) atoms. The predicted octanol–water partition coefficient (Wildman–Crippen LogP) is 6.46. The van der Waals surface area contributed by atoms with Gasteiger partial charge in [-0.25, -0.2) is 4.79 Å². The van der Waals surface area contributed by atoms with Gasteiger partial charge in [-0.3, -0.25) is 9.59 Å². The molecule has 1 aromatic heterocycles. The van der Waals surface area contributed by atoms with E-state index in [4.69, 9.17) is 28.1 Å². The second-order valence-electron chi connectivity index (χ2n) is 9.87. The first-order valence-electron chi connectivity index (χ1n) is 13.2. The van der Waals surface area contributed by atoms with Gasteiger partial charge in [-0.1, -0.05) is 30.3 Å². The van der Waals surface area contributed by atoms with E-state index in [0.717, 1.165) is 5.56 Å². The van der Waals surface area contributed by atoms with Crippen LogP contribution in [0.4, 0.5) is 0 Å². The Morgan fingerprint density at radius 1 is 0.732 bits per heavy atom. The van der Waals surface area contributed by atoms with Crippen molar-refractivity contribution in [1.82, 2.24) is 0 Å². The molecule has 9 nitrogen and oxygen atoms in total. The van der Waals surface area contributed by atoms with E-state index < -0.39 is 17.6 Å². The van der Waals surface area contributed by atoms with Gasteiger partial charge < -0.3 is 28.1 Å². The van der Waals surface area contributed by atoms with Gasteiger partial charge in [0, 0.05) is 37.6 Å². The first kappa shape index (κ1) is 29.2. The first-order valence-corrected chi connectivity index (χ1v) is 13.2. The predicted molar refractivity (Wildman–Crippen MR) is 153 cm³/mol. The number of benzene rings is 3. The van der Waals surface area contributed by atoms with Crippen LogP contribution in [0.15, 0.2) is 69.9 Å². The summed E-state index contributed by atoms with van der Waals surface area (Å²) in [6.45, 7) is 10.3. The van der Waals surface area contributed by atoms with Gasteiger partial charge in [0.2, 0.25) is 0 Å². The lowest BCUT2D eigenvalue weighted by Crippen LogP contribution is -2.12. The van der Waals surface area contributed by atoms with Crippen LogP contribution >= 0.6 is 0 Å². The summed E-state index contributed by atoms with van der Waals surface area (Å²) in [5.74, 6) is 0.163. The van der Waals surface area contributed by atoms with Gasteiger partial charge in [0.05, 0.1) is 23.2 Å². The third-order valence-corrected chi connectivity index (χ3v) is 5.60. The maximum absolute atomic E-state index is 13.4. The van der Waals surface area contributed by atoms with E-state index in [1.807, 2.05) is 58.0 Å². The SMILES string of the molecule is CC(=O)Oc1cc(OC(C)=O)c2cc(-c3cc(OC(C)C)c(OC(C)C)cc3OCc3ccccc3)c(=O)oc2c1. The molecule has 0 aliphatic rings. The van der Waals surface area contributed by atoms with Crippen molar-refractivity contribution in [3.63, 3.8) is 0 Å². The van der Waals surface area contributed by atoms with Gasteiger partial charge in [0.1, 0.15) is 29.4 Å². The van der Waals surface area contributed by atoms with Gasteiger partial charge >= 0.3 is 17.6 Å².